The van der Waals surface area contributed by atoms with E-state index in [0.717, 1.165) is 38.9 Å². The summed E-state index contributed by atoms with van der Waals surface area (Å²) in [6, 6.07) is 13.7. The molecule has 3 aromatic rings. The topological polar surface area (TPSA) is 61.9 Å². The molecule has 0 aliphatic carbocycles. The van der Waals surface area contributed by atoms with Crippen LogP contribution in [0.5, 0.6) is 5.75 Å². The van der Waals surface area contributed by atoms with Gasteiger partial charge < -0.3 is 9.72 Å². The minimum Gasteiger partial charge on any atom is -0.497 e. The lowest BCUT2D eigenvalue weighted by Gasteiger charge is -2.02. The lowest BCUT2D eigenvalue weighted by Crippen LogP contribution is -2.73. The average Bonchev–Trinajstić information content (AvgIpc) is 2.90. The molecule has 0 saturated heterocycles. The van der Waals surface area contributed by atoms with E-state index in [2.05, 4.69) is 4.98 Å². The van der Waals surface area contributed by atoms with Crippen LogP contribution in [0.1, 0.15) is 0 Å². The molecule has 96 valence electrons. The van der Waals surface area contributed by atoms with E-state index >= 15 is 0 Å². The van der Waals surface area contributed by atoms with Gasteiger partial charge in [-0.15, -0.1) is 0 Å². The second-order valence-electron chi connectivity index (χ2n) is 4.36. The third kappa shape index (κ3) is 2.07. The molecule has 4 nitrogen and oxygen atoms in total. The quantitative estimate of drug-likeness (QED) is 0.497. The van der Waals surface area contributed by atoms with E-state index in [1.54, 1.807) is 7.11 Å². The van der Waals surface area contributed by atoms with Crippen molar-refractivity contribution < 1.29 is 15.4 Å². The van der Waals surface area contributed by atoms with E-state index in [9.17, 15) is 0 Å². The predicted octanol–water partition coefficient (Wildman–Crippen LogP) is 2.43. The molecule has 19 heavy (non-hydrogen) atoms. The molecule has 1 heterocycles. The molecule has 0 saturated carbocycles. The molecule has 0 radical (unpaired) electrons. The van der Waals surface area contributed by atoms with Gasteiger partial charge in [-0.05, 0) is 23.8 Å². The molecule has 0 bridgehead atoms. The Morgan fingerprint density at radius 1 is 1.11 bits per heavy atom. The molecule has 4 N–H and O–H groups in total. The van der Waals surface area contributed by atoms with Crippen molar-refractivity contribution in [1.29, 1.82) is 0 Å². The number of methoxy groups -OCH3 is 1. The van der Waals surface area contributed by atoms with Crippen LogP contribution >= 0.6 is 0 Å². The molecule has 0 amide bonds. The van der Waals surface area contributed by atoms with Crippen molar-refractivity contribution in [2.45, 2.75) is 0 Å². The van der Waals surface area contributed by atoms with Crippen LogP contribution in [-0.2, 0) is 0 Å². The van der Waals surface area contributed by atoms with Gasteiger partial charge in [0.25, 0.3) is 0 Å². The lowest BCUT2D eigenvalue weighted by molar-refractivity contribution is -0.825. The Balaban J connectivity index is 2.12. The van der Waals surface area contributed by atoms with Crippen molar-refractivity contribution in [3.8, 4) is 16.9 Å². The first kappa shape index (κ1) is 11.8. The Bertz CT molecular complexity index is 702. The average molecular weight is 255 g/mol. The summed E-state index contributed by atoms with van der Waals surface area (Å²) in [7, 11) is 1.66. The van der Waals surface area contributed by atoms with Gasteiger partial charge >= 0.3 is 0 Å². The molecule has 4 heteroatoms. The second kappa shape index (κ2) is 4.76. The number of hydrogen-bond acceptors (Lipinski definition) is 2. The summed E-state index contributed by atoms with van der Waals surface area (Å²) >= 11 is 0. The number of quaternary nitrogens is 1. The highest BCUT2D eigenvalue weighted by atomic mass is 16.5. The first-order valence-electron chi connectivity index (χ1n) is 6.05. The van der Waals surface area contributed by atoms with Crippen molar-refractivity contribution in [1.82, 2.24) is 4.98 Å². The van der Waals surface area contributed by atoms with Gasteiger partial charge in [-0.1, -0.05) is 12.1 Å². The minimum absolute atomic E-state index is 0.793. The molecule has 0 spiro atoms. The van der Waals surface area contributed by atoms with E-state index in [0.29, 0.717) is 0 Å². The highest BCUT2D eigenvalue weighted by Gasteiger charge is 2.08. The Kier molecular flexibility index (Phi) is 2.95. The largest absolute Gasteiger partial charge is 0.497 e. The molecular formula is C15H15N2O2+. The zero-order valence-electron chi connectivity index (χ0n) is 10.6. The van der Waals surface area contributed by atoms with Crippen LogP contribution < -0.4 is 10.2 Å². The van der Waals surface area contributed by atoms with Gasteiger partial charge in [0.05, 0.1) is 7.11 Å². The molecular weight excluding hydrogens is 240 g/mol. The smallest absolute Gasteiger partial charge is 0.162 e. The van der Waals surface area contributed by atoms with Gasteiger partial charge in [0.1, 0.15) is 5.75 Å². The Morgan fingerprint density at radius 2 is 1.89 bits per heavy atom. The van der Waals surface area contributed by atoms with Crippen molar-refractivity contribution in [2.24, 2.45) is 0 Å². The number of fused-ring (bicyclic) bond motifs is 1. The maximum absolute atomic E-state index is 9.11. The zero-order valence-corrected chi connectivity index (χ0v) is 10.6. The third-order valence-electron chi connectivity index (χ3n) is 3.26. The van der Waals surface area contributed by atoms with Crippen LogP contribution in [0.4, 0.5) is 5.69 Å². The molecule has 0 atom stereocenters. The van der Waals surface area contributed by atoms with Crippen LogP contribution in [0, 0.1) is 0 Å². The van der Waals surface area contributed by atoms with Gasteiger partial charge in [-0.3, -0.25) is 0 Å². The van der Waals surface area contributed by atoms with Crippen LogP contribution in [-0.4, -0.2) is 17.3 Å². The highest BCUT2D eigenvalue weighted by Crippen LogP contribution is 2.30. The van der Waals surface area contributed by atoms with E-state index in [4.69, 9.17) is 9.94 Å². The zero-order chi connectivity index (χ0) is 13.2. The monoisotopic (exact) mass is 255 g/mol. The molecule has 1 aromatic heterocycles. The van der Waals surface area contributed by atoms with Crippen LogP contribution in [0.25, 0.3) is 22.0 Å². The van der Waals surface area contributed by atoms with E-state index in [1.807, 2.05) is 48.7 Å². The van der Waals surface area contributed by atoms with Crippen LogP contribution in [0.3, 0.4) is 0 Å². The molecule has 0 aliphatic rings. The van der Waals surface area contributed by atoms with Crippen LogP contribution in [0.15, 0.2) is 48.7 Å². The normalized spacial score (nSPS) is 10.8. The molecule has 0 unspecified atom stereocenters. The number of ether oxygens (including phenoxy) is 1. The lowest BCUT2D eigenvalue weighted by atomic mass is 10.0. The predicted molar refractivity (Wildman–Crippen MR) is 73.7 cm³/mol. The van der Waals surface area contributed by atoms with Crippen molar-refractivity contribution >= 4 is 16.6 Å². The molecule has 0 fully saturated rings. The summed E-state index contributed by atoms with van der Waals surface area (Å²) in [5.74, 6) is 0.841. The Labute approximate surface area is 110 Å². The summed E-state index contributed by atoms with van der Waals surface area (Å²) in [5, 5.41) is 10.2. The number of aromatic nitrogens is 1. The minimum atomic E-state index is 0.793. The second-order valence-corrected chi connectivity index (χ2v) is 4.36. The number of nitrogens with one attached hydrogen (secondary N) is 1. The Hall–Kier alpha value is -2.30. The summed E-state index contributed by atoms with van der Waals surface area (Å²) in [5.41, 5.74) is 5.19. The van der Waals surface area contributed by atoms with Crippen molar-refractivity contribution in [3.63, 3.8) is 0 Å². The summed E-state index contributed by atoms with van der Waals surface area (Å²) in [4.78, 5) is 3.24. The summed E-state index contributed by atoms with van der Waals surface area (Å²) < 4.78 is 5.16. The molecule has 2 aromatic carbocycles. The first-order chi connectivity index (χ1) is 9.31. The maximum Gasteiger partial charge on any atom is 0.162 e. The fraction of sp³-hybridized carbons (Fsp3) is 0.0667. The van der Waals surface area contributed by atoms with Gasteiger partial charge in [0.2, 0.25) is 0 Å². The fourth-order valence-corrected chi connectivity index (χ4v) is 2.23. The van der Waals surface area contributed by atoms with Gasteiger partial charge in [0, 0.05) is 34.8 Å². The number of rotatable bonds is 3. The van der Waals surface area contributed by atoms with Crippen LogP contribution in [0.2, 0.25) is 0 Å². The molecule has 3 rings (SSSR count). The number of benzene rings is 2. The third-order valence-corrected chi connectivity index (χ3v) is 3.26. The Morgan fingerprint density at radius 3 is 2.58 bits per heavy atom. The maximum atomic E-state index is 9.11. The van der Waals surface area contributed by atoms with Crippen molar-refractivity contribution in [2.75, 3.05) is 7.11 Å². The van der Waals surface area contributed by atoms with E-state index in [-0.39, 0.29) is 0 Å². The standard InChI is InChI=1S/C15H14N2O2/c1-19-12-5-2-10(3-6-12)14-9-16-15-7-4-11(17-18)8-13(14)15/h2-9,16-18H,1H3/p+1. The highest BCUT2D eigenvalue weighted by molar-refractivity contribution is 5.96. The SMILES string of the molecule is COc1ccc(-c2c[nH]c3ccc([NH2+]O)cc23)cc1. The van der Waals surface area contributed by atoms with E-state index in [1.165, 1.54) is 0 Å². The first-order valence-corrected chi connectivity index (χ1v) is 6.05. The summed E-state index contributed by atoms with van der Waals surface area (Å²) in [6.07, 6.45) is 1.98. The van der Waals surface area contributed by atoms with Gasteiger partial charge in [0.15, 0.2) is 5.69 Å². The van der Waals surface area contributed by atoms with Gasteiger partial charge in [-0.2, -0.15) is 5.48 Å². The van der Waals surface area contributed by atoms with E-state index < -0.39 is 0 Å². The summed E-state index contributed by atoms with van der Waals surface area (Å²) in [6.45, 7) is 0. The number of hydrogen-bond donors (Lipinski definition) is 3. The molecule has 0 aliphatic heterocycles. The fourth-order valence-electron chi connectivity index (χ4n) is 2.23. The number of H-pyrrole nitrogens is 1. The van der Waals surface area contributed by atoms with Crippen molar-refractivity contribution in [3.05, 3.63) is 48.7 Å². The number of nitrogens with two attached hydrogens (primary N) is 1. The number of aromatic amines is 1. The van der Waals surface area contributed by atoms with Gasteiger partial charge in [-0.25, -0.2) is 5.21 Å².